The van der Waals surface area contributed by atoms with Crippen molar-refractivity contribution < 1.29 is 95.1 Å². The molecule has 442 valence electrons. The summed E-state index contributed by atoms with van der Waals surface area (Å²) < 4.78 is 46.0. The Bertz CT molecular complexity index is 3650. The summed E-state index contributed by atoms with van der Waals surface area (Å²) >= 11 is 0.750. The first kappa shape index (κ1) is 72.0. The second-order valence-electron chi connectivity index (χ2n) is 18.7. The van der Waals surface area contributed by atoms with Crippen molar-refractivity contribution in [3.8, 4) is 34.5 Å². The van der Waals surface area contributed by atoms with Gasteiger partial charge in [-0.2, -0.15) is 18.6 Å². The molecular formula is C58H68N10O13STi2. The Hall–Kier alpha value is -8.10. The molecule has 0 saturated heterocycles. The first-order chi connectivity index (χ1) is 37.7. The minimum atomic E-state index is -4.67. The van der Waals surface area contributed by atoms with Crippen LogP contribution in [0.4, 0.5) is 11.4 Å². The van der Waals surface area contributed by atoms with Crippen LogP contribution in [0.1, 0.15) is 68.0 Å². The molecule has 0 spiro atoms. The molecule has 0 amide bonds. The number of rotatable bonds is 12. The van der Waals surface area contributed by atoms with Crippen LogP contribution in [0.25, 0.3) is 22.7 Å². The van der Waals surface area contributed by atoms with E-state index in [4.69, 9.17) is 20.8 Å². The van der Waals surface area contributed by atoms with E-state index in [1.54, 1.807) is 9.36 Å². The molecule has 10 aromatic rings. The fraction of sp³-hybridized carbons (Fsp3) is 0.172. The van der Waals surface area contributed by atoms with Crippen LogP contribution in [0.5, 0.6) is 11.8 Å². The van der Waals surface area contributed by atoms with Crippen molar-refractivity contribution in [2.45, 2.75) is 39.5 Å². The van der Waals surface area contributed by atoms with Gasteiger partial charge in [-0.05, 0) is 112 Å². The monoisotopic (exact) mass is 1240 g/mol. The van der Waals surface area contributed by atoms with Gasteiger partial charge in [0.2, 0.25) is 11.8 Å². The Morgan fingerprint density at radius 1 is 0.452 bits per heavy atom. The predicted molar refractivity (Wildman–Crippen MR) is 315 cm³/mol. The maximum atomic E-state index is 13.9. The summed E-state index contributed by atoms with van der Waals surface area (Å²) in [7, 11) is 3.28. The van der Waals surface area contributed by atoms with Gasteiger partial charge in [0.1, 0.15) is 0 Å². The quantitative estimate of drug-likeness (QED) is 0.0626. The molecule has 0 radical (unpaired) electrons. The number of nitrogens with zero attached hydrogens (tertiary/aromatic N) is 8. The first-order valence-electron chi connectivity index (χ1n) is 24.6. The van der Waals surface area contributed by atoms with E-state index < -0.39 is 22.2 Å². The van der Waals surface area contributed by atoms with E-state index in [1.807, 2.05) is 236 Å². The van der Waals surface area contributed by atoms with E-state index in [9.17, 15) is 19.8 Å². The largest absolute Gasteiger partial charge is 0 e. The fourth-order valence-electron chi connectivity index (χ4n) is 9.43. The van der Waals surface area contributed by atoms with Gasteiger partial charge >= 0.3 is 34.1 Å². The maximum absolute atomic E-state index is 13.9. The molecule has 26 heteroatoms. The summed E-state index contributed by atoms with van der Waals surface area (Å²) in [5, 5.41) is 38.8. The standard InChI is InChI=1S/2C29H29N5O2.H2O4S.4H2O.O.2Ti/c2*1-19-25(28(35)33(30-19)23-11-7-5-8-12-23)27(21-15-17-22(18-16-21)32(3)4)26-20(2)31-34(29(26)36)24-13-9-6-10-14-24;1-5(2,3)4;;;;;;;/h2*5-18,27,30,36H,1-4H3;(H2,1,2,3,4);4*1H2;;;. The number of hydrogen-bond donors (Lipinski definition) is 6. The number of aromatic amines is 2. The van der Waals surface area contributed by atoms with E-state index in [1.165, 1.54) is 9.36 Å². The molecule has 4 heterocycles. The zero-order valence-corrected chi connectivity index (χ0v) is 51.1. The summed E-state index contributed by atoms with van der Waals surface area (Å²) in [5.41, 5.74) is 11.7. The molecule has 2 unspecified atom stereocenters. The average molecular weight is 1240 g/mol. The van der Waals surface area contributed by atoms with Gasteiger partial charge in [-0.15, -0.1) is 0 Å². The van der Waals surface area contributed by atoms with Gasteiger partial charge in [0.05, 0.1) is 45.3 Å². The Morgan fingerprint density at radius 2 is 0.702 bits per heavy atom. The minimum Gasteiger partial charge on any atom is 0 e. The zero-order chi connectivity index (χ0) is 57.3. The van der Waals surface area contributed by atoms with Gasteiger partial charge in [-0.25, -0.2) is 18.7 Å². The van der Waals surface area contributed by atoms with Crippen LogP contribution >= 0.6 is 0 Å². The van der Waals surface area contributed by atoms with Crippen molar-refractivity contribution in [2.24, 2.45) is 0 Å². The second-order valence-corrected chi connectivity index (χ2v) is 19.6. The Labute approximate surface area is 511 Å². The number of aryl methyl sites for hydroxylation is 4. The van der Waals surface area contributed by atoms with Crippen molar-refractivity contribution in [1.82, 2.24) is 39.1 Å². The van der Waals surface area contributed by atoms with E-state index in [0.717, 1.165) is 77.0 Å². The molecule has 23 nitrogen and oxygen atoms in total. The van der Waals surface area contributed by atoms with Gasteiger partial charge in [0.25, 0.3) is 11.1 Å². The maximum Gasteiger partial charge on any atom is 0 e. The molecule has 2 atom stereocenters. The second kappa shape index (κ2) is 31.5. The van der Waals surface area contributed by atoms with Crippen molar-refractivity contribution in [1.29, 1.82) is 0 Å². The van der Waals surface area contributed by atoms with E-state index >= 15 is 0 Å². The predicted octanol–water partition coefficient (Wildman–Crippen LogP) is 5.76. The average Bonchev–Trinajstić information content (AvgIpc) is 4.30. The van der Waals surface area contributed by atoms with E-state index in [0.29, 0.717) is 33.6 Å². The molecule has 0 bridgehead atoms. The molecule has 14 N–H and O–H groups in total. The SMILES string of the molecule is Cc1nn(-c2ccccc2)c(O)c1C(c1ccc(N(C)C)cc1)c1c(C)[nH]n(-c2ccccc2)c1=O.Cc1nn(-c2ccccc2)c(O)c1C(c1ccc(N(C)C)cc1)c1c(C)[nH]n(-c2ccccc2)c1=O.O.O.O.O.O=S(=O)(O)O.[O]=[Ti].[Ti]. The smallest absolute Gasteiger partial charge is 0 e. The summed E-state index contributed by atoms with van der Waals surface area (Å²) in [5.74, 6) is -1.00. The molecule has 10 rings (SSSR count). The molecule has 6 aromatic carbocycles. The van der Waals surface area contributed by atoms with Crippen molar-refractivity contribution in [3.63, 3.8) is 0 Å². The number of benzene rings is 6. The van der Waals surface area contributed by atoms with Gasteiger partial charge in [-0.1, -0.05) is 97.1 Å². The molecular weight excluding hydrogens is 1170 g/mol. The van der Waals surface area contributed by atoms with Crippen molar-refractivity contribution in [3.05, 3.63) is 247 Å². The molecule has 84 heavy (non-hydrogen) atoms. The molecule has 0 fully saturated rings. The van der Waals surface area contributed by atoms with Gasteiger partial charge in [0, 0.05) is 95.6 Å². The molecule has 4 aromatic heterocycles. The van der Waals surface area contributed by atoms with Crippen LogP contribution in [0.3, 0.4) is 0 Å². The number of nitrogens with one attached hydrogen (secondary N) is 2. The first-order valence-corrected chi connectivity index (χ1v) is 26.6. The summed E-state index contributed by atoms with van der Waals surface area (Å²) in [4.78, 5) is 31.8. The van der Waals surface area contributed by atoms with Crippen molar-refractivity contribution >= 4 is 21.8 Å². The Balaban J connectivity index is 0.000000490. The third-order valence-corrected chi connectivity index (χ3v) is 13.1. The zero-order valence-electron chi connectivity index (χ0n) is 47.1. The number of aromatic nitrogens is 8. The van der Waals surface area contributed by atoms with Crippen molar-refractivity contribution in [2.75, 3.05) is 38.0 Å². The molecule has 0 aliphatic carbocycles. The number of para-hydroxylation sites is 4. The number of aromatic hydroxyl groups is 2. The summed E-state index contributed by atoms with van der Waals surface area (Å²) in [6, 6.07) is 54.1. The minimum absolute atomic E-state index is 0. The third-order valence-electron chi connectivity index (χ3n) is 13.1. The summed E-state index contributed by atoms with van der Waals surface area (Å²) in [6.45, 7) is 7.53. The van der Waals surface area contributed by atoms with Crippen LogP contribution in [0, 0.1) is 27.7 Å². The Kier molecular flexibility index (Phi) is 27.0. The van der Waals surface area contributed by atoms with Crippen LogP contribution < -0.4 is 20.9 Å². The number of anilines is 2. The van der Waals surface area contributed by atoms with Crippen LogP contribution in [0.2, 0.25) is 0 Å². The topological polar surface area (TPSA) is 376 Å². The fourth-order valence-corrected chi connectivity index (χ4v) is 9.43. The number of hydrogen-bond acceptors (Lipinski definition) is 11. The normalized spacial score (nSPS) is 11.0. The van der Waals surface area contributed by atoms with E-state index in [2.05, 4.69) is 20.4 Å². The van der Waals surface area contributed by atoms with Gasteiger partial charge in [-0.3, -0.25) is 28.9 Å². The molecule has 0 aliphatic rings. The third kappa shape index (κ3) is 16.2. The van der Waals surface area contributed by atoms with Crippen LogP contribution in [0.15, 0.2) is 179 Å². The molecule has 0 saturated carbocycles. The Morgan fingerprint density at radius 3 is 0.952 bits per heavy atom. The summed E-state index contributed by atoms with van der Waals surface area (Å²) in [6.07, 6.45) is 0. The van der Waals surface area contributed by atoms with Gasteiger partial charge in [0.15, 0.2) is 0 Å². The molecule has 0 aliphatic heterocycles. The van der Waals surface area contributed by atoms with Gasteiger partial charge < -0.3 is 41.9 Å². The van der Waals surface area contributed by atoms with Crippen LogP contribution in [-0.2, 0) is 55.8 Å². The van der Waals surface area contributed by atoms with Crippen LogP contribution in [-0.4, -0.2) is 117 Å². The van der Waals surface area contributed by atoms with E-state index in [-0.39, 0.29) is 66.5 Å². The number of H-pyrrole nitrogens is 2.